The van der Waals surface area contributed by atoms with Gasteiger partial charge in [-0.25, -0.2) is 0 Å². The van der Waals surface area contributed by atoms with Gasteiger partial charge in [-0.2, -0.15) is 0 Å². The highest BCUT2D eigenvalue weighted by molar-refractivity contribution is 5.73. The third-order valence-corrected chi connectivity index (χ3v) is 3.39. The van der Waals surface area contributed by atoms with Crippen molar-refractivity contribution < 1.29 is 9.90 Å². The minimum atomic E-state index is -0.720. The quantitative estimate of drug-likeness (QED) is 0.815. The van der Waals surface area contributed by atoms with Crippen LogP contribution in [0.25, 0.3) is 0 Å². The van der Waals surface area contributed by atoms with Gasteiger partial charge in [0.25, 0.3) is 0 Å². The maximum atomic E-state index is 11.1. The van der Waals surface area contributed by atoms with Gasteiger partial charge in [0.1, 0.15) is 6.04 Å². The summed E-state index contributed by atoms with van der Waals surface area (Å²) in [5.41, 5.74) is 1.32. The van der Waals surface area contributed by atoms with E-state index in [-0.39, 0.29) is 6.04 Å². The fourth-order valence-electron chi connectivity index (χ4n) is 2.39. The lowest BCUT2D eigenvalue weighted by Crippen LogP contribution is -2.55. The van der Waals surface area contributed by atoms with Gasteiger partial charge in [-0.05, 0) is 24.9 Å². The van der Waals surface area contributed by atoms with E-state index in [0.29, 0.717) is 6.54 Å². The molecule has 0 radical (unpaired) electrons. The molecule has 1 saturated heterocycles. The van der Waals surface area contributed by atoms with Gasteiger partial charge in [-0.1, -0.05) is 30.3 Å². The Morgan fingerprint density at radius 2 is 2.17 bits per heavy atom. The van der Waals surface area contributed by atoms with Crippen molar-refractivity contribution in [2.75, 3.05) is 26.2 Å². The van der Waals surface area contributed by atoms with Crippen molar-refractivity contribution >= 4 is 5.97 Å². The lowest BCUT2D eigenvalue weighted by Gasteiger charge is -2.33. The number of aryl methyl sites for hydroxylation is 1. The van der Waals surface area contributed by atoms with Crippen LogP contribution in [0.5, 0.6) is 0 Å². The Balaban J connectivity index is 1.79. The maximum Gasteiger partial charge on any atom is 0.322 e. The molecule has 1 aromatic carbocycles. The molecule has 1 unspecified atom stereocenters. The molecule has 18 heavy (non-hydrogen) atoms. The van der Waals surface area contributed by atoms with E-state index >= 15 is 0 Å². The third kappa shape index (κ3) is 3.55. The lowest BCUT2D eigenvalue weighted by atomic mass is 10.1. The zero-order chi connectivity index (χ0) is 12.8. The van der Waals surface area contributed by atoms with Gasteiger partial charge in [0, 0.05) is 19.6 Å². The fourth-order valence-corrected chi connectivity index (χ4v) is 2.39. The van der Waals surface area contributed by atoms with Gasteiger partial charge < -0.3 is 10.4 Å². The number of carbonyl (C=O) groups is 1. The molecule has 0 bridgehead atoms. The van der Waals surface area contributed by atoms with Crippen molar-refractivity contribution in [1.82, 2.24) is 10.2 Å². The summed E-state index contributed by atoms with van der Waals surface area (Å²) < 4.78 is 0. The SMILES string of the molecule is O=C(O)C1CNCCN1CCCc1ccccc1. The van der Waals surface area contributed by atoms with Crippen LogP contribution < -0.4 is 5.32 Å². The predicted octanol–water partition coefficient (Wildman–Crippen LogP) is 0.978. The zero-order valence-corrected chi connectivity index (χ0v) is 10.5. The summed E-state index contributed by atoms with van der Waals surface area (Å²) in [6.45, 7) is 3.12. The van der Waals surface area contributed by atoms with Gasteiger partial charge in [0.05, 0.1) is 0 Å². The van der Waals surface area contributed by atoms with Crippen LogP contribution in [0.2, 0.25) is 0 Å². The molecule has 0 amide bonds. The summed E-state index contributed by atoms with van der Waals surface area (Å²) in [4.78, 5) is 13.2. The highest BCUT2D eigenvalue weighted by Gasteiger charge is 2.27. The van der Waals surface area contributed by atoms with E-state index < -0.39 is 5.97 Å². The zero-order valence-electron chi connectivity index (χ0n) is 10.5. The van der Waals surface area contributed by atoms with Gasteiger partial charge in [0.15, 0.2) is 0 Å². The summed E-state index contributed by atoms with van der Waals surface area (Å²) in [5.74, 6) is -0.720. The topological polar surface area (TPSA) is 52.6 Å². The second kappa shape index (κ2) is 6.52. The number of piperazine rings is 1. The Labute approximate surface area is 108 Å². The van der Waals surface area contributed by atoms with Crippen molar-refractivity contribution in [1.29, 1.82) is 0 Å². The van der Waals surface area contributed by atoms with E-state index in [1.807, 2.05) is 18.2 Å². The van der Waals surface area contributed by atoms with Crippen molar-refractivity contribution in [3.8, 4) is 0 Å². The molecule has 2 N–H and O–H groups in total. The normalized spacial score (nSPS) is 20.8. The number of hydrogen-bond acceptors (Lipinski definition) is 3. The maximum absolute atomic E-state index is 11.1. The molecule has 2 rings (SSSR count). The van der Waals surface area contributed by atoms with E-state index in [0.717, 1.165) is 32.5 Å². The summed E-state index contributed by atoms with van der Waals surface area (Å²) in [6.07, 6.45) is 2.02. The highest BCUT2D eigenvalue weighted by atomic mass is 16.4. The van der Waals surface area contributed by atoms with Crippen LogP contribution in [0.1, 0.15) is 12.0 Å². The average Bonchev–Trinajstić information content (AvgIpc) is 2.40. The Hall–Kier alpha value is -1.39. The van der Waals surface area contributed by atoms with Crippen LogP contribution in [0, 0.1) is 0 Å². The Bertz CT molecular complexity index is 381. The van der Waals surface area contributed by atoms with E-state index in [4.69, 9.17) is 5.11 Å². The van der Waals surface area contributed by atoms with E-state index in [9.17, 15) is 4.79 Å². The first-order valence-electron chi connectivity index (χ1n) is 6.49. The van der Waals surface area contributed by atoms with Crippen LogP contribution in [-0.2, 0) is 11.2 Å². The van der Waals surface area contributed by atoms with Crippen molar-refractivity contribution in [3.05, 3.63) is 35.9 Å². The summed E-state index contributed by atoms with van der Waals surface area (Å²) in [5, 5.41) is 12.3. The Morgan fingerprint density at radius 1 is 1.39 bits per heavy atom. The van der Waals surface area contributed by atoms with Crippen LogP contribution >= 0.6 is 0 Å². The largest absolute Gasteiger partial charge is 0.480 e. The molecule has 0 aliphatic carbocycles. The van der Waals surface area contributed by atoms with Gasteiger partial charge in [-0.15, -0.1) is 0 Å². The second-order valence-corrected chi connectivity index (χ2v) is 4.68. The van der Waals surface area contributed by atoms with E-state index in [1.165, 1.54) is 5.56 Å². The predicted molar refractivity (Wildman–Crippen MR) is 70.6 cm³/mol. The molecule has 98 valence electrons. The molecule has 1 atom stereocenters. The summed E-state index contributed by atoms with van der Waals surface area (Å²) in [7, 11) is 0. The van der Waals surface area contributed by atoms with Crippen LogP contribution in [0.3, 0.4) is 0 Å². The van der Waals surface area contributed by atoms with Crippen LogP contribution in [0.4, 0.5) is 0 Å². The molecule has 4 nitrogen and oxygen atoms in total. The van der Waals surface area contributed by atoms with Crippen LogP contribution in [-0.4, -0.2) is 48.2 Å². The number of carboxylic acid groups (broad SMARTS) is 1. The van der Waals surface area contributed by atoms with Gasteiger partial charge in [-0.3, -0.25) is 9.69 Å². The first-order chi connectivity index (χ1) is 8.77. The number of benzene rings is 1. The number of carboxylic acids is 1. The standard InChI is InChI=1S/C14H20N2O2/c17-14(18)13-11-15-8-10-16(13)9-4-7-12-5-2-1-3-6-12/h1-3,5-6,13,15H,4,7-11H2,(H,17,18). The van der Waals surface area contributed by atoms with E-state index in [2.05, 4.69) is 22.3 Å². The molecule has 4 heteroatoms. The summed E-state index contributed by atoms with van der Waals surface area (Å²) in [6, 6.07) is 9.97. The molecule has 0 spiro atoms. The number of nitrogens with zero attached hydrogens (tertiary/aromatic N) is 1. The number of hydrogen-bond donors (Lipinski definition) is 2. The highest BCUT2D eigenvalue weighted by Crippen LogP contribution is 2.08. The minimum Gasteiger partial charge on any atom is -0.480 e. The molecule has 1 heterocycles. The van der Waals surface area contributed by atoms with Crippen LogP contribution in [0.15, 0.2) is 30.3 Å². The molecule has 0 saturated carbocycles. The van der Waals surface area contributed by atoms with E-state index in [1.54, 1.807) is 0 Å². The Morgan fingerprint density at radius 3 is 2.89 bits per heavy atom. The number of rotatable bonds is 5. The summed E-state index contributed by atoms with van der Waals surface area (Å²) >= 11 is 0. The minimum absolute atomic E-state index is 0.366. The molecule has 1 fully saturated rings. The lowest BCUT2D eigenvalue weighted by molar-refractivity contribution is -0.143. The Kier molecular flexibility index (Phi) is 4.73. The van der Waals surface area contributed by atoms with Crippen molar-refractivity contribution in [2.45, 2.75) is 18.9 Å². The third-order valence-electron chi connectivity index (χ3n) is 3.39. The van der Waals surface area contributed by atoms with Gasteiger partial charge in [0.2, 0.25) is 0 Å². The molecular weight excluding hydrogens is 228 g/mol. The molecule has 0 aromatic heterocycles. The first-order valence-corrected chi connectivity index (χ1v) is 6.49. The molecule has 1 aromatic rings. The van der Waals surface area contributed by atoms with Gasteiger partial charge >= 0.3 is 5.97 Å². The number of nitrogens with one attached hydrogen (secondary N) is 1. The van der Waals surface area contributed by atoms with Crippen molar-refractivity contribution in [2.24, 2.45) is 0 Å². The average molecular weight is 248 g/mol. The number of aliphatic carboxylic acids is 1. The second-order valence-electron chi connectivity index (χ2n) is 4.68. The fraction of sp³-hybridized carbons (Fsp3) is 0.500. The monoisotopic (exact) mass is 248 g/mol. The van der Waals surface area contributed by atoms with Crippen molar-refractivity contribution in [3.63, 3.8) is 0 Å². The molecular formula is C14H20N2O2. The first kappa shape index (κ1) is 13.1. The smallest absolute Gasteiger partial charge is 0.322 e. The molecule has 1 aliphatic rings. The molecule has 1 aliphatic heterocycles.